The summed E-state index contributed by atoms with van der Waals surface area (Å²) in [4.78, 5) is 14.2. The second-order valence-corrected chi connectivity index (χ2v) is 13.9. The maximum atomic E-state index is 17.0. The Morgan fingerprint density at radius 2 is 1.81 bits per heavy atom. The number of morpholine rings is 1. The molecule has 1 aromatic heterocycles. The predicted octanol–water partition coefficient (Wildman–Crippen LogP) is 6.61. The molecule has 248 valence electrons. The Labute approximate surface area is 278 Å². The van der Waals surface area contributed by atoms with Crippen LogP contribution in [-0.2, 0) is 11.2 Å². The molecule has 2 N–H and O–H groups in total. The third kappa shape index (κ3) is 5.67. The number of nitrogens with zero attached hydrogens (tertiary/aromatic N) is 4. The largest absolute Gasteiger partial charge is 0.508 e. The van der Waals surface area contributed by atoms with Gasteiger partial charge in [-0.2, -0.15) is 9.97 Å². The molecule has 11 heteroatoms. The third-order valence-electron chi connectivity index (χ3n) is 10.6. The smallest absolute Gasteiger partial charge is 0.319 e. The van der Waals surface area contributed by atoms with Gasteiger partial charge in [-0.1, -0.05) is 31.0 Å². The van der Waals surface area contributed by atoms with Crippen molar-refractivity contribution in [3.63, 3.8) is 0 Å². The Hall–Kier alpha value is -3.31. The zero-order valence-electron chi connectivity index (χ0n) is 26.6. The van der Waals surface area contributed by atoms with Gasteiger partial charge < -0.3 is 24.8 Å². The number of halogens is 3. The highest BCUT2D eigenvalue weighted by molar-refractivity contribution is 6.35. The fourth-order valence-corrected chi connectivity index (χ4v) is 8.71. The maximum Gasteiger partial charge on any atom is 0.319 e. The van der Waals surface area contributed by atoms with Gasteiger partial charge in [0, 0.05) is 54.8 Å². The Kier molecular flexibility index (Phi) is 8.32. The Morgan fingerprint density at radius 1 is 1.04 bits per heavy atom. The molecule has 4 unspecified atom stereocenters. The van der Waals surface area contributed by atoms with Crippen LogP contribution in [0, 0.1) is 11.6 Å². The molecule has 4 aromatic rings. The molecule has 0 amide bonds. The summed E-state index contributed by atoms with van der Waals surface area (Å²) in [6.07, 6.45) is 6.90. The lowest BCUT2D eigenvalue weighted by Gasteiger charge is -2.45. The van der Waals surface area contributed by atoms with Gasteiger partial charge in [-0.3, -0.25) is 4.90 Å². The highest BCUT2D eigenvalue weighted by Gasteiger charge is 2.36. The monoisotopic (exact) mass is 663 g/mol. The van der Waals surface area contributed by atoms with E-state index in [0.29, 0.717) is 70.3 Å². The summed E-state index contributed by atoms with van der Waals surface area (Å²) in [7, 11) is 0. The number of phenols is 1. The quantitative estimate of drug-likeness (QED) is 0.204. The topological polar surface area (TPSA) is 83.0 Å². The summed E-state index contributed by atoms with van der Waals surface area (Å²) >= 11 is 6.92. The number of aromatic nitrogens is 2. The van der Waals surface area contributed by atoms with E-state index in [1.54, 1.807) is 18.2 Å². The van der Waals surface area contributed by atoms with Gasteiger partial charge in [0.05, 0.1) is 24.8 Å². The van der Waals surface area contributed by atoms with Crippen molar-refractivity contribution >= 4 is 39.1 Å². The predicted molar refractivity (Wildman–Crippen MR) is 180 cm³/mol. The molecule has 4 aliphatic rings. The number of ether oxygens (including phenoxy) is 2. The van der Waals surface area contributed by atoms with E-state index in [4.69, 9.17) is 26.1 Å². The molecule has 4 aliphatic heterocycles. The zero-order chi connectivity index (χ0) is 32.2. The molecule has 0 radical (unpaired) electrons. The minimum absolute atomic E-state index is 0.0650. The van der Waals surface area contributed by atoms with Crippen LogP contribution >= 0.6 is 11.6 Å². The minimum atomic E-state index is -0.654. The van der Waals surface area contributed by atoms with Crippen molar-refractivity contribution in [3.8, 4) is 22.9 Å². The third-order valence-corrected chi connectivity index (χ3v) is 10.9. The average molecular weight is 664 g/mol. The van der Waals surface area contributed by atoms with E-state index in [2.05, 4.69) is 20.1 Å². The first-order chi connectivity index (χ1) is 22.9. The van der Waals surface area contributed by atoms with Crippen molar-refractivity contribution in [1.82, 2.24) is 20.2 Å². The Morgan fingerprint density at radius 3 is 2.55 bits per heavy atom. The fraction of sp³-hybridized carbons (Fsp3) is 0.500. The summed E-state index contributed by atoms with van der Waals surface area (Å²) < 4.78 is 44.0. The Bertz CT molecular complexity index is 1810. The number of piperazine rings is 1. The van der Waals surface area contributed by atoms with Crippen LogP contribution in [0.4, 0.5) is 14.6 Å². The molecule has 4 fully saturated rings. The number of aromatic hydroxyl groups is 1. The number of rotatable bonds is 8. The van der Waals surface area contributed by atoms with Gasteiger partial charge in [0.1, 0.15) is 22.9 Å². The molecule has 0 saturated carbocycles. The average Bonchev–Trinajstić information content (AvgIpc) is 3.39. The van der Waals surface area contributed by atoms with Crippen molar-refractivity contribution in [2.24, 2.45) is 0 Å². The molecule has 0 spiro atoms. The lowest BCUT2D eigenvalue weighted by atomic mass is 9.92. The number of nitrogens with one attached hydrogen (secondary N) is 1. The first-order valence-corrected chi connectivity index (χ1v) is 17.4. The van der Waals surface area contributed by atoms with Gasteiger partial charge in [0.15, 0.2) is 5.82 Å². The van der Waals surface area contributed by atoms with Crippen LogP contribution in [0.25, 0.3) is 32.8 Å². The van der Waals surface area contributed by atoms with Crippen molar-refractivity contribution in [1.29, 1.82) is 0 Å². The number of phenolic OH excluding ortho intramolecular Hbond substituents is 1. The molecule has 4 saturated heterocycles. The van der Waals surface area contributed by atoms with Crippen LogP contribution in [0.1, 0.15) is 51.0 Å². The first-order valence-electron chi connectivity index (χ1n) is 17.0. The van der Waals surface area contributed by atoms with Crippen LogP contribution in [0.2, 0.25) is 5.02 Å². The van der Waals surface area contributed by atoms with Gasteiger partial charge >= 0.3 is 6.01 Å². The normalized spacial score (nSPS) is 24.4. The lowest BCUT2D eigenvalue weighted by molar-refractivity contribution is -0.0741. The van der Waals surface area contributed by atoms with Crippen molar-refractivity contribution < 1.29 is 23.4 Å². The molecule has 4 bridgehead atoms. The van der Waals surface area contributed by atoms with E-state index in [9.17, 15) is 5.11 Å². The Balaban J connectivity index is 1.19. The van der Waals surface area contributed by atoms with E-state index in [1.165, 1.54) is 18.6 Å². The van der Waals surface area contributed by atoms with E-state index in [-0.39, 0.29) is 27.9 Å². The maximum absolute atomic E-state index is 17.0. The number of piperidine rings is 1. The number of fused-ring (bicyclic) bond motifs is 6. The number of benzene rings is 3. The SMILES string of the molecule is CCc1c(F)ccc2cc(O)cc(-c3c(Cl)cc4c(N5CC6CCC(C5)N6)nc(OCCCN5C6CCCC5COC6)nc4c3F)c12. The summed E-state index contributed by atoms with van der Waals surface area (Å²) in [6.45, 7) is 6.18. The number of hydrogen-bond acceptors (Lipinski definition) is 8. The summed E-state index contributed by atoms with van der Waals surface area (Å²) in [5.41, 5.74) is 0.903. The van der Waals surface area contributed by atoms with Crippen LogP contribution in [0.5, 0.6) is 11.8 Å². The molecular formula is C36H40ClF2N5O3. The van der Waals surface area contributed by atoms with Gasteiger partial charge in [-0.25, -0.2) is 8.78 Å². The van der Waals surface area contributed by atoms with Gasteiger partial charge in [0.2, 0.25) is 0 Å². The van der Waals surface area contributed by atoms with E-state index < -0.39 is 11.6 Å². The first kappa shape index (κ1) is 31.0. The molecule has 8 rings (SSSR count). The highest BCUT2D eigenvalue weighted by atomic mass is 35.5. The molecule has 8 nitrogen and oxygen atoms in total. The van der Waals surface area contributed by atoms with Crippen molar-refractivity contribution in [3.05, 3.63) is 52.6 Å². The van der Waals surface area contributed by atoms with E-state index >= 15 is 8.78 Å². The molecule has 4 atom stereocenters. The van der Waals surface area contributed by atoms with Crippen LogP contribution < -0.4 is 15.0 Å². The standard InChI is InChI=1S/C36H40ClF2N5O3/c1-2-26-30(38)10-7-20-13-25(45)14-27(31(20)26)32-29(37)15-28-34(33(32)39)41-36(42-35(28)43-16-21-8-9-22(17-43)40-21)47-12-4-11-44-23-5-3-6-24(44)19-46-18-23/h7,10,13-15,21-24,40,45H,2-6,8-9,11-12,16-19H2,1H3. The molecular weight excluding hydrogens is 624 g/mol. The highest BCUT2D eigenvalue weighted by Crippen LogP contribution is 2.44. The van der Waals surface area contributed by atoms with Crippen LogP contribution in [0.3, 0.4) is 0 Å². The number of hydrogen-bond donors (Lipinski definition) is 2. The van der Waals surface area contributed by atoms with Gasteiger partial charge in [-0.05, 0) is 84.7 Å². The molecule has 0 aliphatic carbocycles. The second-order valence-electron chi connectivity index (χ2n) is 13.5. The molecule has 5 heterocycles. The fourth-order valence-electron chi connectivity index (χ4n) is 8.42. The number of anilines is 1. The summed E-state index contributed by atoms with van der Waals surface area (Å²) in [6, 6.07) is 9.37. The van der Waals surface area contributed by atoms with Gasteiger partial charge in [0.25, 0.3) is 0 Å². The summed E-state index contributed by atoms with van der Waals surface area (Å²) in [5.74, 6) is -0.513. The van der Waals surface area contributed by atoms with Crippen LogP contribution in [0.15, 0.2) is 30.3 Å². The minimum Gasteiger partial charge on any atom is -0.508 e. The van der Waals surface area contributed by atoms with E-state index in [0.717, 1.165) is 65.0 Å². The van der Waals surface area contributed by atoms with Gasteiger partial charge in [-0.15, -0.1) is 0 Å². The zero-order valence-corrected chi connectivity index (χ0v) is 27.3. The molecule has 3 aromatic carbocycles. The summed E-state index contributed by atoms with van der Waals surface area (Å²) in [5, 5.41) is 16.1. The van der Waals surface area contributed by atoms with Crippen molar-refractivity contribution in [2.45, 2.75) is 76.0 Å². The van der Waals surface area contributed by atoms with E-state index in [1.807, 2.05) is 6.92 Å². The second kappa shape index (κ2) is 12.6. The lowest BCUT2D eigenvalue weighted by Crippen LogP contribution is -2.55. The molecule has 47 heavy (non-hydrogen) atoms. The number of aryl methyl sites for hydroxylation is 1. The van der Waals surface area contributed by atoms with Crippen molar-refractivity contribution in [2.75, 3.05) is 44.4 Å². The van der Waals surface area contributed by atoms with Crippen LogP contribution in [-0.4, -0.2) is 83.6 Å².